The van der Waals surface area contributed by atoms with Crippen LogP contribution in [0.3, 0.4) is 0 Å². The lowest BCUT2D eigenvalue weighted by atomic mass is 10.2. The Morgan fingerprint density at radius 3 is 2.29 bits per heavy atom. The van der Waals surface area contributed by atoms with Crippen LogP contribution in [-0.2, 0) is 6.42 Å². The summed E-state index contributed by atoms with van der Waals surface area (Å²) < 4.78 is 5.17. The molecule has 0 saturated carbocycles. The summed E-state index contributed by atoms with van der Waals surface area (Å²) in [7, 11) is 1.66. The van der Waals surface area contributed by atoms with E-state index in [-0.39, 0.29) is 0 Å². The summed E-state index contributed by atoms with van der Waals surface area (Å²) in [6.45, 7) is 6.97. The van der Waals surface area contributed by atoms with E-state index in [0.717, 1.165) is 47.4 Å². The molecule has 1 aromatic heterocycles. The smallest absolute Gasteiger partial charge is 0.139 e. The van der Waals surface area contributed by atoms with Crippen molar-refractivity contribution < 1.29 is 4.74 Å². The molecule has 0 atom stereocenters. The lowest BCUT2D eigenvalue weighted by Gasteiger charge is -2.14. The molecular weight excluding hydrogens is 264 g/mol. The molecule has 0 saturated heterocycles. The number of nitrogens with one attached hydrogen (secondary N) is 2. The number of nitrogens with zero attached hydrogens (tertiary/aromatic N) is 2. The molecular formula is C16H22N4O. The van der Waals surface area contributed by atoms with Gasteiger partial charge in [0.15, 0.2) is 0 Å². The van der Waals surface area contributed by atoms with Crippen LogP contribution in [0.25, 0.3) is 0 Å². The van der Waals surface area contributed by atoms with Gasteiger partial charge in [0.1, 0.15) is 23.2 Å². The minimum absolute atomic E-state index is 0.802. The van der Waals surface area contributed by atoms with E-state index >= 15 is 0 Å². The molecule has 0 spiro atoms. The molecule has 0 radical (unpaired) electrons. The van der Waals surface area contributed by atoms with Gasteiger partial charge in [-0.05, 0) is 38.1 Å². The zero-order chi connectivity index (χ0) is 15.2. The van der Waals surface area contributed by atoms with E-state index in [2.05, 4.69) is 34.4 Å². The average molecular weight is 286 g/mol. The fourth-order valence-electron chi connectivity index (χ4n) is 1.99. The molecule has 0 unspecified atom stereocenters. The number of benzene rings is 1. The molecule has 5 nitrogen and oxygen atoms in total. The number of hydrogen-bond donors (Lipinski definition) is 2. The second-order valence-corrected chi connectivity index (χ2v) is 4.70. The molecule has 0 bridgehead atoms. The number of anilines is 3. The van der Waals surface area contributed by atoms with Crippen LogP contribution in [0.4, 0.5) is 17.3 Å². The van der Waals surface area contributed by atoms with Gasteiger partial charge in [0, 0.05) is 24.2 Å². The van der Waals surface area contributed by atoms with E-state index in [1.54, 1.807) is 7.11 Å². The first-order valence-corrected chi connectivity index (χ1v) is 7.20. The Hall–Kier alpha value is -2.30. The van der Waals surface area contributed by atoms with Gasteiger partial charge in [-0.3, -0.25) is 0 Å². The van der Waals surface area contributed by atoms with Crippen LogP contribution in [0.15, 0.2) is 24.3 Å². The highest BCUT2D eigenvalue weighted by Gasteiger charge is 2.10. The van der Waals surface area contributed by atoms with Crippen LogP contribution >= 0.6 is 0 Å². The molecule has 0 amide bonds. The average Bonchev–Trinajstić information content (AvgIpc) is 2.52. The third-order valence-corrected chi connectivity index (χ3v) is 3.21. The highest BCUT2D eigenvalue weighted by Crippen LogP contribution is 2.25. The Morgan fingerprint density at radius 1 is 1.05 bits per heavy atom. The maximum atomic E-state index is 5.17. The Bertz CT molecular complexity index is 596. The van der Waals surface area contributed by atoms with E-state index in [1.807, 2.05) is 31.2 Å². The summed E-state index contributed by atoms with van der Waals surface area (Å²) in [4.78, 5) is 9.11. The SMILES string of the molecule is CCNc1nc(CC)nc(Nc2ccc(OC)cc2)c1C. The number of aryl methyl sites for hydroxylation is 1. The summed E-state index contributed by atoms with van der Waals surface area (Å²) in [5, 5.41) is 6.63. The Labute approximate surface area is 125 Å². The third kappa shape index (κ3) is 3.62. The van der Waals surface area contributed by atoms with Gasteiger partial charge >= 0.3 is 0 Å². The maximum absolute atomic E-state index is 5.17. The van der Waals surface area contributed by atoms with Gasteiger partial charge in [-0.25, -0.2) is 9.97 Å². The molecule has 1 aromatic carbocycles. The second kappa shape index (κ2) is 6.92. The number of rotatable bonds is 6. The predicted molar refractivity (Wildman–Crippen MR) is 86.6 cm³/mol. The number of ether oxygens (including phenoxy) is 1. The second-order valence-electron chi connectivity index (χ2n) is 4.70. The first-order valence-electron chi connectivity index (χ1n) is 7.20. The van der Waals surface area contributed by atoms with Crippen molar-refractivity contribution in [1.29, 1.82) is 0 Å². The zero-order valence-electron chi connectivity index (χ0n) is 13.0. The standard InChI is InChI=1S/C16H22N4O/c1-5-14-19-15(17-6-2)11(3)16(20-14)18-12-7-9-13(21-4)10-8-12/h7-10H,5-6H2,1-4H3,(H2,17,18,19,20). The van der Waals surface area contributed by atoms with Crippen LogP contribution in [-0.4, -0.2) is 23.6 Å². The molecule has 2 N–H and O–H groups in total. The predicted octanol–water partition coefficient (Wildman–Crippen LogP) is 3.53. The van der Waals surface area contributed by atoms with E-state index in [4.69, 9.17) is 4.74 Å². The monoisotopic (exact) mass is 286 g/mol. The van der Waals surface area contributed by atoms with Crippen molar-refractivity contribution in [3.05, 3.63) is 35.7 Å². The molecule has 112 valence electrons. The van der Waals surface area contributed by atoms with Crippen molar-refractivity contribution in [3.63, 3.8) is 0 Å². The molecule has 0 aliphatic carbocycles. The van der Waals surface area contributed by atoms with Crippen LogP contribution in [0.2, 0.25) is 0 Å². The van der Waals surface area contributed by atoms with Crippen LogP contribution < -0.4 is 15.4 Å². The molecule has 2 rings (SSSR count). The Morgan fingerprint density at radius 2 is 1.71 bits per heavy atom. The summed E-state index contributed by atoms with van der Waals surface area (Å²) in [5.74, 6) is 3.39. The van der Waals surface area contributed by atoms with Crippen molar-refractivity contribution in [2.45, 2.75) is 27.2 Å². The normalized spacial score (nSPS) is 10.3. The van der Waals surface area contributed by atoms with E-state index in [0.29, 0.717) is 0 Å². The first kappa shape index (κ1) is 15.1. The van der Waals surface area contributed by atoms with Crippen molar-refractivity contribution >= 4 is 17.3 Å². The maximum Gasteiger partial charge on any atom is 0.139 e. The quantitative estimate of drug-likeness (QED) is 0.850. The molecule has 1 heterocycles. The first-order chi connectivity index (χ1) is 10.2. The fourth-order valence-corrected chi connectivity index (χ4v) is 1.99. The third-order valence-electron chi connectivity index (χ3n) is 3.21. The van der Waals surface area contributed by atoms with Crippen molar-refractivity contribution in [1.82, 2.24) is 9.97 Å². The van der Waals surface area contributed by atoms with Crippen molar-refractivity contribution in [2.24, 2.45) is 0 Å². The highest BCUT2D eigenvalue weighted by molar-refractivity contribution is 5.65. The van der Waals surface area contributed by atoms with Gasteiger partial charge in [-0.2, -0.15) is 0 Å². The molecule has 0 aliphatic rings. The number of hydrogen-bond acceptors (Lipinski definition) is 5. The minimum atomic E-state index is 0.802. The van der Waals surface area contributed by atoms with Crippen molar-refractivity contribution in [3.8, 4) is 5.75 Å². The van der Waals surface area contributed by atoms with Gasteiger partial charge in [0.05, 0.1) is 7.11 Å². The minimum Gasteiger partial charge on any atom is -0.497 e. The molecule has 0 aliphatic heterocycles. The van der Waals surface area contributed by atoms with Crippen LogP contribution in [0, 0.1) is 6.92 Å². The lowest BCUT2D eigenvalue weighted by Crippen LogP contribution is -2.09. The number of aromatic nitrogens is 2. The van der Waals surface area contributed by atoms with Gasteiger partial charge < -0.3 is 15.4 Å². The van der Waals surface area contributed by atoms with E-state index in [9.17, 15) is 0 Å². The molecule has 2 aromatic rings. The summed E-state index contributed by atoms with van der Waals surface area (Å²) in [6, 6.07) is 7.79. The Balaban J connectivity index is 2.30. The molecule has 21 heavy (non-hydrogen) atoms. The van der Waals surface area contributed by atoms with Gasteiger partial charge in [0.2, 0.25) is 0 Å². The summed E-state index contributed by atoms with van der Waals surface area (Å²) in [5.41, 5.74) is 1.99. The topological polar surface area (TPSA) is 59.1 Å². The van der Waals surface area contributed by atoms with Gasteiger partial charge in [0.25, 0.3) is 0 Å². The van der Waals surface area contributed by atoms with Gasteiger partial charge in [-0.1, -0.05) is 6.92 Å². The largest absolute Gasteiger partial charge is 0.497 e. The van der Waals surface area contributed by atoms with Crippen LogP contribution in [0.5, 0.6) is 5.75 Å². The zero-order valence-corrected chi connectivity index (χ0v) is 13.0. The van der Waals surface area contributed by atoms with Crippen LogP contribution in [0.1, 0.15) is 25.2 Å². The lowest BCUT2D eigenvalue weighted by molar-refractivity contribution is 0.415. The fraction of sp³-hybridized carbons (Fsp3) is 0.375. The van der Waals surface area contributed by atoms with E-state index < -0.39 is 0 Å². The van der Waals surface area contributed by atoms with Gasteiger partial charge in [-0.15, -0.1) is 0 Å². The summed E-state index contributed by atoms with van der Waals surface area (Å²) >= 11 is 0. The molecule has 0 fully saturated rings. The Kier molecular flexibility index (Phi) is 4.98. The van der Waals surface area contributed by atoms with E-state index in [1.165, 1.54) is 0 Å². The number of methoxy groups -OCH3 is 1. The summed E-state index contributed by atoms with van der Waals surface area (Å²) in [6.07, 6.45) is 0.802. The van der Waals surface area contributed by atoms with Crippen molar-refractivity contribution in [2.75, 3.05) is 24.3 Å². The highest BCUT2D eigenvalue weighted by atomic mass is 16.5. The molecule has 5 heteroatoms.